The number of aromatic amines is 1. The van der Waals surface area contributed by atoms with Crippen LogP contribution in [-0.2, 0) is 19.1 Å². The van der Waals surface area contributed by atoms with Gasteiger partial charge in [-0.05, 0) is 97.8 Å². The molecule has 4 aliphatic rings. The molecule has 8 rings (SSSR count). The predicted molar refractivity (Wildman–Crippen MR) is 188 cm³/mol. The van der Waals surface area contributed by atoms with Crippen LogP contribution in [0.2, 0.25) is 0 Å². The van der Waals surface area contributed by atoms with Crippen LogP contribution in [-0.4, -0.2) is 47.1 Å². The Morgan fingerprint density at radius 2 is 1.72 bits per heavy atom. The number of imide groups is 1. The van der Waals surface area contributed by atoms with E-state index in [0.717, 1.165) is 31.3 Å². The fraction of sp³-hybridized carbons (Fsp3) is 0.306. The summed E-state index contributed by atoms with van der Waals surface area (Å²) >= 11 is 6.30. The number of rotatable bonds is 8. The number of hydrogen-bond acceptors (Lipinski definition) is 9. The second-order valence-electron chi connectivity index (χ2n) is 12.8. The van der Waals surface area contributed by atoms with Gasteiger partial charge in [-0.1, -0.05) is 27.3 Å². The number of aromatic nitrogens is 1. The van der Waals surface area contributed by atoms with Gasteiger partial charge in [0.05, 0.1) is 34.7 Å². The molecule has 0 radical (unpaired) electrons. The molecule has 14 heteroatoms. The summed E-state index contributed by atoms with van der Waals surface area (Å²) in [6.45, 7) is 1.68. The van der Waals surface area contributed by atoms with Crippen molar-refractivity contribution >= 4 is 74.1 Å². The van der Waals surface area contributed by atoms with Gasteiger partial charge in [-0.25, -0.2) is 9.18 Å². The molecule has 3 heterocycles. The van der Waals surface area contributed by atoms with E-state index in [2.05, 4.69) is 26.2 Å². The van der Waals surface area contributed by atoms with Crippen molar-refractivity contribution in [1.82, 2.24) is 4.98 Å². The Balaban J connectivity index is 1.08. The van der Waals surface area contributed by atoms with Gasteiger partial charge in [-0.3, -0.25) is 24.1 Å². The molecular formula is C36H29BrFN3O7S2. The average Bonchev–Trinajstić information content (AvgIpc) is 3.84. The van der Waals surface area contributed by atoms with Gasteiger partial charge in [-0.15, -0.1) is 11.8 Å². The molecular weight excluding hydrogens is 749 g/mol. The lowest BCUT2D eigenvalue weighted by atomic mass is 9.68. The van der Waals surface area contributed by atoms with Crippen molar-refractivity contribution in [1.29, 1.82) is 0 Å². The zero-order valence-electron chi connectivity index (χ0n) is 26.4. The third-order valence-electron chi connectivity index (χ3n) is 10.2. The monoisotopic (exact) mass is 777 g/mol. The molecule has 1 saturated heterocycles. The first-order chi connectivity index (χ1) is 24.1. The Hall–Kier alpha value is -4.27. The highest BCUT2D eigenvalue weighted by Crippen LogP contribution is 2.69. The van der Waals surface area contributed by atoms with Gasteiger partial charge in [-0.2, -0.15) is 0 Å². The Morgan fingerprint density at radius 3 is 2.44 bits per heavy atom. The average molecular weight is 779 g/mol. The normalized spacial score (nSPS) is 26.0. The highest BCUT2D eigenvalue weighted by Gasteiger charge is 2.69. The number of nitrogens with one attached hydrogen (secondary N) is 2. The molecule has 256 valence electrons. The third kappa shape index (κ3) is 5.48. The van der Waals surface area contributed by atoms with Gasteiger partial charge >= 0.3 is 10.8 Å². The Morgan fingerprint density at radius 1 is 1.00 bits per heavy atom. The third-order valence-corrected chi connectivity index (χ3v) is 13.2. The fourth-order valence-corrected chi connectivity index (χ4v) is 11.6. The Bertz CT molecular complexity index is 2100. The van der Waals surface area contributed by atoms with Gasteiger partial charge in [0, 0.05) is 31.8 Å². The molecule has 3 aromatic carbocycles. The number of carbonyl (C=O) groups excluding carboxylic acids is 4. The van der Waals surface area contributed by atoms with Crippen molar-refractivity contribution in [3.8, 4) is 5.75 Å². The molecule has 50 heavy (non-hydrogen) atoms. The minimum Gasteiger partial charge on any atom is -0.483 e. The van der Waals surface area contributed by atoms with Crippen LogP contribution in [0.25, 0.3) is 0 Å². The summed E-state index contributed by atoms with van der Waals surface area (Å²) in [5.41, 5.74) is 1.99. The number of H-pyrrole nitrogens is 1. The molecule has 2 N–H and O–H groups in total. The molecule has 7 atom stereocenters. The Labute approximate surface area is 301 Å². The molecule has 4 unspecified atom stereocenters. The van der Waals surface area contributed by atoms with Crippen molar-refractivity contribution in [2.45, 2.75) is 29.5 Å². The van der Waals surface area contributed by atoms with Crippen LogP contribution >= 0.6 is 39.0 Å². The Kier molecular flexibility index (Phi) is 8.43. The molecule has 2 bridgehead atoms. The highest BCUT2D eigenvalue weighted by atomic mass is 79.9. The number of hydrogen-bond donors (Lipinski definition) is 2. The van der Waals surface area contributed by atoms with E-state index in [1.807, 2.05) is 12.1 Å². The van der Waals surface area contributed by atoms with Crippen LogP contribution in [0.4, 0.5) is 15.8 Å². The first-order valence-electron chi connectivity index (χ1n) is 16.1. The van der Waals surface area contributed by atoms with Crippen LogP contribution in [0.1, 0.15) is 40.1 Å². The molecule has 2 saturated carbocycles. The van der Waals surface area contributed by atoms with Crippen LogP contribution in [0, 0.1) is 35.4 Å². The number of nitrogens with zero attached hydrogens (tertiary/aromatic N) is 1. The first kappa shape index (κ1) is 32.9. The lowest BCUT2D eigenvalue weighted by molar-refractivity contribution is -0.123. The van der Waals surface area contributed by atoms with E-state index in [-0.39, 0.29) is 58.8 Å². The number of benzene rings is 3. The maximum Gasteiger partial charge on any atom is 0.338 e. The zero-order chi connectivity index (χ0) is 34.8. The molecule has 2 aliphatic heterocycles. The summed E-state index contributed by atoms with van der Waals surface area (Å²) < 4.78 is 25.7. The van der Waals surface area contributed by atoms with Crippen molar-refractivity contribution in [3.63, 3.8) is 0 Å². The SMILES string of the molecule is CCOC(=O)c1ccc(NC(=O)COc2ccc(Br)cc2[C@H]2c3sc(=O)[nH]c3SC3C2[C@H]2C[C@@H]3C3C(=O)N(c4ccc(F)cc4)C(=O)C32)cc1. The predicted octanol–water partition coefficient (Wildman–Crippen LogP) is 6.21. The maximum atomic E-state index is 14.0. The fourth-order valence-electron chi connectivity index (χ4n) is 8.35. The van der Waals surface area contributed by atoms with E-state index in [0.29, 0.717) is 29.1 Å². The summed E-state index contributed by atoms with van der Waals surface area (Å²) in [4.78, 5) is 70.5. The minimum absolute atomic E-state index is 0.0540. The number of fused-ring (bicyclic) bond motifs is 9. The maximum absolute atomic E-state index is 14.0. The van der Waals surface area contributed by atoms with E-state index in [4.69, 9.17) is 9.47 Å². The number of thiazole rings is 1. The van der Waals surface area contributed by atoms with Crippen molar-refractivity contribution in [3.05, 3.63) is 103 Å². The first-order valence-corrected chi connectivity index (χ1v) is 18.6. The molecule has 3 amide bonds. The summed E-state index contributed by atoms with van der Waals surface area (Å²) in [7, 11) is 0. The minimum atomic E-state index is -0.531. The van der Waals surface area contributed by atoms with Crippen LogP contribution in [0.15, 0.2) is 81.0 Å². The quantitative estimate of drug-likeness (QED) is 0.159. The van der Waals surface area contributed by atoms with Crippen molar-refractivity contribution < 1.29 is 33.0 Å². The molecule has 4 aromatic rings. The highest BCUT2D eigenvalue weighted by molar-refractivity contribution is 9.10. The summed E-state index contributed by atoms with van der Waals surface area (Å²) in [6.07, 6.45) is 0.698. The van der Waals surface area contributed by atoms with Gasteiger partial charge in [0.2, 0.25) is 11.8 Å². The van der Waals surface area contributed by atoms with Gasteiger partial charge in [0.25, 0.3) is 5.91 Å². The second kappa shape index (κ2) is 12.8. The standard InChI is InChI=1S/C36H29BrFN3O7S2/c1-2-47-35(45)16-3-8-19(9-4-16)39-25(42)15-48-24-12-5-17(37)13-21(24)26-27-22-14-23(30(27)49-32-31(26)50-36(46)40-32)29-28(22)33(43)41(34(29)44)20-10-6-18(38)7-11-20/h3-13,22-23,26-30H,2,14-15H2,1H3,(H,39,42)(H,40,46)/t22-,23-,26-,27?,28?,29?,30?/m1/s1. The molecule has 10 nitrogen and oxygen atoms in total. The van der Waals surface area contributed by atoms with Crippen molar-refractivity contribution in [2.24, 2.45) is 29.6 Å². The van der Waals surface area contributed by atoms with Gasteiger partial charge < -0.3 is 19.8 Å². The van der Waals surface area contributed by atoms with Crippen molar-refractivity contribution in [2.75, 3.05) is 23.4 Å². The van der Waals surface area contributed by atoms with E-state index in [1.165, 1.54) is 29.2 Å². The summed E-state index contributed by atoms with van der Waals surface area (Å²) in [6, 6.07) is 17.3. The number of anilines is 2. The van der Waals surface area contributed by atoms with Crippen LogP contribution in [0.5, 0.6) is 5.75 Å². The second-order valence-corrected chi connectivity index (χ2v) is 15.9. The lowest BCUT2D eigenvalue weighted by Gasteiger charge is -2.43. The van der Waals surface area contributed by atoms with Crippen LogP contribution < -0.4 is 19.8 Å². The smallest absolute Gasteiger partial charge is 0.338 e. The molecule has 0 spiro atoms. The summed E-state index contributed by atoms with van der Waals surface area (Å²) in [5, 5.41) is 3.48. The largest absolute Gasteiger partial charge is 0.483 e. The molecule has 3 fully saturated rings. The number of thioether (sulfide) groups is 1. The lowest BCUT2D eigenvalue weighted by Crippen LogP contribution is -2.42. The number of esters is 1. The topological polar surface area (TPSA) is 135 Å². The van der Waals surface area contributed by atoms with E-state index in [1.54, 1.807) is 49.0 Å². The van der Waals surface area contributed by atoms with Crippen LogP contribution in [0.3, 0.4) is 0 Å². The molecule has 2 aliphatic carbocycles. The number of amides is 3. The summed E-state index contributed by atoms with van der Waals surface area (Å²) in [5.74, 6) is -3.09. The number of halogens is 2. The molecule has 1 aromatic heterocycles. The van der Waals surface area contributed by atoms with E-state index < -0.39 is 29.5 Å². The van der Waals surface area contributed by atoms with Gasteiger partial charge in [0.15, 0.2) is 6.61 Å². The zero-order valence-corrected chi connectivity index (χ0v) is 29.6. The van der Waals surface area contributed by atoms with Gasteiger partial charge in [0.1, 0.15) is 11.6 Å². The van der Waals surface area contributed by atoms with E-state index >= 15 is 0 Å². The number of carbonyl (C=O) groups is 4. The number of ether oxygens (including phenoxy) is 2. The van der Waals surface area contributed by atoms with E-state index in [9.17, 15) is 28.4 Å².